The molecule has 1 atom stereocenters. The summed E-state index contributed by atoms with van der Waals surface area (Å²) < 4.78 is 0. The van der Waals surface area contributed by atoms with Crippen LogP contribution in [0.15, 0.2) is 35.6 Å². The average Bonchev–Trinajstić information content (AvgIpc) is 2.73. The van der Waals surface area contributed by atoms with Crippen LogP contribution in [0.5, 0.6) is 0 Å². The highest BCUT2D eigenvalue weighted by atomic mass is 15.2. The van der Waals surface area contributed by atoms with Gasteiger partial charge in [0.25, 0.3) is 0 Å². The average molecular weight is 416 g/mol. The van der Waals surface area contributed by atoms with Gasteiger partial charge in [-0.25, -0.2) is 0 Å². The first kappa shape index (κ1) is 27.1. The van der Waals surface area contributed by atoms with Gasteiger partial charge in [-0.05, 0) is 55.6 Å². The summed E-state index contributed by atoms with van der Waals surface area (Å²) in [5.74, 6) is 0. The molecular formula is C29H53N. The van der Waals surface area contributed by atoms with Gasteiger partial charge >= 0.3 is 0 Å². The van der Waals surface area contributed by atoms with Crippen LogP contribution in [-0.2, 0) is 0 Å². The van der Waals surface area contributed by atoms with Gasteiger partial charge in [0.2, 0.25) is 0 Å². The smallest absolute Gasteiger partial charge is 0.0403 e. The minimum absolute atomic E-state index is 0.189. The Morgan fingerprint density at radius 3 is 1.90 bits per heavy atom. The SMILES string of the molecule is C/C=C\C1=C(/C=C\C)C(C)(C)CC(C)(C)CN1C(CCCCC)CCCCCCC. The van der Waals surface area contributed by atoms with Crippen LogP contribution >= 0.6 is 0 Å². The van der Waals surface area contributed by atoms with E-state index >= 15 is 0 Å². The molecule has 0 amide bonds. The summed E-state index contributed by atoms with van der Waals surface area (Å²) in [6.45, 7) is 20.0. The zero-order valence-electron chi connectivity index (χ0n) is 21.8. The molecule has 1 heteroatoms. The number of rotatable bonds is 13. The fraction of sp³-hybridized carbons (Fsp3) is 0.793. The lowest BCUT2D eigenvalue weighted by Crippen LogP contribution is -2.40. The van der Waals surface area contributed by atoms with E-state index in [4.69, 9.17) is 0 Å². The molecular weight excluding hydrogens is 362 g/mol. The van der Waals surface area contributed by atoms with Crippen molar-refractivity contribution in [2.75, 3.05) is 6.54 Å². The summed E-state index contributed by atoms with van der Waals surface area (Å²) in [4.78, 5) is 2.83. The van der Waals surface area contributed by atoms with Gasteiger partial charge in [0.1, 0.15) is 0 Å². The van der Waals surface area contributed by atoms with E-state index in [-0.39, 0.29) is 5.41 Å². The van der Waals surface area contributed by atoms with Crippen LogP contribution in [0.2, 0.25) is 0 Å². The minimum Gasteiger partial charge on any atom is -0.368 e. The quantitative estimate of drug-likeness (QED) is 0.271. The Kier molecular flexibility index (Phi) is 12.1. The highest BCUT2D eigenvalue weighted by molar-refractivity contribution is 5.38. The zero-order valence-corrected chi connectivity index (χ0v) is 21.8. The molecule has 1 nitrogen and oxygen atoms in total. The first-order valence-corrected chi connectivity index (χ1v) is 13.0. The summed E-state index contributed by atoms with van der Waals surface area (Å²) >= 11 is 0. The molecule has 0 radical (unpaired) electrons. The van der Waals surface area contributed by atoms with Crippen molar-refractivity contribution in [1.29, 1.82) is 0 Å². The van der Waals surface area contributed by atoms with Crippen LogP contribution in [0.4, 0.5) is 0 Å². The third-order valence-corrected chi connectivity index (χ3v) is 6.71. The molecule has 1 unspecified atom stereocenters. The lowest BCUT2D eigenvalue weighted by Gasteiger charge is -2.39. The molecule has 0 saturated carbocycles. The first-order valence-electron chi connectivity index (χ1n) is 13.0. The van der Waals surface area contributed by atoms with Crippen LogP contribution in [-0.4, -0.2) is 17.5 Å². The fourth-order valence-electron chi connectivity index (χ4n) is 5.61. The summed E-state index contributed by atoms with van der Waals surface area (Å²) in [5, 5.41) is 0. The van der Waals surface area contributed by atoms with Crippen molar-refractivity contribution in [2.45, 2.75) is 132 Å². The van der Waals surface area contributed by atoms with Crippen LogP contribution in [0.25, 0.3) is 0 Å². The van der Waals surface area contributed by atoms with E-state index in [9.17, 15) is 0 Å². The maximum Gasteiger partial charge on any atom is 0.0403 e. The maximum atomic E-state index is 2.83. The zero-order chi connectivity index (χ0) is 22.6. The predicted molar refractivity (Wildman–Crippen MR) is 137 cm³/mol. The van der Waals surface area contributed by atoms with Gasteiger partial charge in [0.15, 0.2) is 0 Å². The van der Waals surface area contributed by atoms with E-state index in [1.807, 2.05) is 0 Å². The van der Waals surface area contributed by atoms with Crippen molar-refractivity contribution in [3.05, 3.63) is 35.6 Å². The van der Waals surface area contributed by atoms with E-state index in [2.05, 4.69) is 84.6 Å². The van der Waals surface area contributed by atoms with Crippen molar-refractivity contribution in [3.63, 3.8) is 0 Å². The van der Waals surface area contributed by atoms with E-state index in [0.29, 0.717) is 11.5 Å². The van der Waals surface area contributed by atoms with Gasteiger partial charge in [-0.1, -0.05) is 111 Å². The van der Waals surface area contributed by atoms with Gasteiger partial charge in [-0.2, -0.15) is 0 Å². The predicted octanol–water partition coefficient (Wildman–Crippen LogP) is 9.46. The highest BCUT2D eigenvalue weighted by Gasteiger charge is 2.39. The van der Waals surface area contributed by atoms with Crippen molar-refractivity contribution < 1.29 is 0 Å². The molecule has 1 aliphatic rings. The third-order valence-electron chi connectivity index (χ3n) is 6.71. The monoisotopic (exact) mass is 415 g/mol. The Hall–Kier alpha value is -0.980. The maximum absolute atomic E-state index is 2.83. The summed E-state index contributed by atoms with van der Waals surface area (Å²) in [6, 6.07) is 0.665. The molecule has 1 aliphatic heterocycles. The number of allylic oxidation sites excluding steroid dienone is 5. The second-order valence-corrected chi connectivity index (χ2v) is 11.0. The first-order chi connectivity index (χ1) is 14.2. The normalized spacial score (nSPS) is 20.3. The van der Waals surface area contributed by atoms with E-state index < -0.39 is 0 Å². The molecule has 174 valence electrons. The van der Waals surface area contributed by atoms with Crippen molar-refractivity contribution in [2.24, 2.45) is 10.8 Å². The second-order valence-electron chi connectivity index (χ2n) is 11.0. The summed E-state index contributed by atoms with van der Waals surface area (Å²) in [6.07, 6.45) is 24.1. The molecule has 0 aliphatic carbocycles. The number of nitrogens with zero attached hydrogens (tertiary/aromatic N) is 1. The second kappa shape index (κ2) is 13.4. The summed E-state index contributed by atoms with van der Waals surface area (Å²) in [7, 11) is 0. The van der Waals surface area contributed by atoms with Gasteiger partial charge in [-0.15, -0.1) is 0 Å². The summed E-state index contributed by atoms with van der Waals surface area (Å²) in [5.41, 5.74) is 3.51. The molecule has 1 heterocycles. The lowest BCUT2D eigenvalue weighted by atomic mass is 9.71. The topological polar surface area (TPSA) is 3.24 Å². The Labute approximate surface area is 190 Å². The molecule has 0 aromatic rings. The molecule has 0 fully saturated rings. The van der Waals surface area contributed by atoms with Gasteiger partial charge in [-0.3, -0.25) is 0 Å². The number of hydrogen-bond acceptors (Lipinski definition) is 1. The Bertz CT molecular complexity index is 561. The van der Waals surface area contributed by atoms with Crippen LogP contribution < -0.4 is 0 Å². The van der Waals surface area contributed by atoms with Crippen LogP contribution in [0, 0.1) is 10.8 Å². The van der Waals surface area contributed by atoms with Crippen LogP contribution in [0.1, 0.15) is 126 Å². The standard InChI is InChI=1S/C29H53N/c1-9-13-15-16-18-22-25(21-17-14-10-2)30-24-28(5,6)23-29(7,8)26(19-11-3)27(30)20-12-4/h11-12,19-20,25H,9-10,13-18,21-24H2,1-8H3/b19-11-,20-12-. The van der Waals surface area contributed by atoms with E-state index in [0.717, 1.165) is 0 Å². The molecule has 0 spiro atoms. The molecule has 0 N–H and O–H groups in total. The Balaban J connectivity index is 3.31. The number of hydrogen-bond donors (Lipinski definition) is 0. The Morgan fingerprint density at radius 1 is 0.800 bits per heavy atom. The fourth-order valence-corrected chi connectivity index (χ4v) is 5.61. The van der Waals surface area contributed by atoms with Gasteiger partial charge < -0.3 is 4.90 Å². The third kappa shape index (κ3) is 8.64. The van der Waals surface area contributed by atoms with Crippen molar-refractivity contribution >= 4 is 0 Å². The molecule has 1 rings (SSSR count). The van der Waals surface area contributed by atoms with E-state index in [1.165, 1.54) is 88.4 Å². The molecule has 0 bridgehead atoms. The molecule has 0 aromatic heterocycles. The van der Waals surface area contributed by atoms with E-state index in [1.54, 1.807) is 0 Å². The van der Waals surface area contributed by atoms with Gasteiger partial charge in [0, 0.05) is 18.3 Å². The molecule has 0 aromatic carbocycles. The number of unbranched alkanes of at least 4 members (excludes halogenated alkanes) is 6. The van der Waals surface area contributed by atoms with Gasteiger partial charge in [0.05, 0.1) is 0 Å². The largest absolute Gasteiger partial charge is 0.368 e. The molecule has 30 heavy (non-hydrogen) atoms. The molecule has 0 saturated heterocycles. The Morgan fingerprint density at radius 2 is 1.33 bits per heavy atom. The minimum atomic E-state index is 0.189. The highest BCUT2D eigenvalue weighted by Crippen LogP contribution is 2.46. The van der Waals surface area contributed by atoms with Crippen molar-refractivity contribution in [1.82, 2.24) is 4.90 Å². The lowest BCUT2D eigenvalue weighted by molar-refractivity contribution is 0.140. The van der Waals surface area contributed by atoms with Crippen LogP contribution in [0.3, 0.4) is 0 Å². The van der Waals surface area contributed by atoms with Crippen molar-refractivity contribution in [3.8, 4) is 0 Å².